The molecule has 46 heavy (non-hydrogen) atoms. The summed E-state index contributed by atoms with van der Waals surface area (Å²) in [5.41, 5.74) is 16.5. The maximum atomic E-state index is 2.44. The smallest absolute Gasteiger partial charge is 0.0541 e. The van der Waals surface area contributed by atoms with E-state index < -0.39 is 0 Å². The van der Waals surface area contributed by atoms with E-state index in [2.05, 4.69) is 182 Å². The zero-order chi connectivity index (χ0) is 30.8. The van der Waals surface area contributed by atoms with Crippen LogP contribution in [0.2, 0.25) is 0 Å². The molecule has 1 aliphatic rings. The summed E-state index contributed by atoms with van der Waals surface area (Å²) in [6.45, 7) is 4.72. The van der Waals surface area contributed by atoms with Crippen LogP contribution in [0.25, 0.3) is 72.0 Å². The number of hydrogen-bond acceptors (Lipinski definition) is 0. The minimum absolute atomic E-state index is 0.0513. The van der Waals surface area contributed by atoms with Gasteiger partial charge in [0, 0.05) is 21.9 Å². The van der Waals surface area contributed by atoms with E-state index in [0.29, 0.717) is 0 Å². The molecule has 1 heteroatoms. The second kappa shape index (κ2) is 10.2. The summed E-state index contributed by atoms with van der Waals surface area (Å²) in [6.07, 6.45) is 0. The standard InChI is InChI=1S/C45H33N/c1-45(2)41-19-11-9-17-36(41)37-25-22-33(29-42(37)45)35-24-21-31(30-13-5-3-6-14-30)27-39(35)32-23-26-44-40(28-32)38-18-10-12-20-43(38)46(44)34-15-7-4-8-16-34/h3-29H,1-2H3. The molecule has 0 amide bonds. The zero-order valence-corrected chi connectivity index (χ0v) is 26.0. The first-order valence-electron chi connectivity index (χ1n) is 16.1. The van der Waals surface area contributed by atoms with Gasteiger partial charge in [-0.3, -0.25) is 0 Å². The fraction of sp³-hybridized carbons (Fsp3) is 0.0667. The number of hydrogen-bond donors (Lipinski definition) is 0. The van der Waals surface area contributed by atoms with Crippen molar-refractivity contribution in [3.05, 3.63) is 175 Å². The van der Waals surface area contributed by atoms with Crippen LogP contribution in [-0.4, -0.2) is 4.57 Å². The highest BCUT2D eigenvalue weighted by Gasteiger charge is 2.35. The molecular weight excluding hydrogens is 555 g/mol. The van der Waals surface area contributed by atoms with Crippen molar-refractivity contribution in [1.29, 1.82) is 0 Å². The zero-order valence-electron chi connectivity index (χ0n) is 26.0. The lowest BCUT2D eigenvalue weighted by Gasteiger charge is -2.22. The van der Waals surface area contributed by atoms with Gasteiger partial charge in [0.25, 0.3) is 0 Å². The van der Waals surface area contributed by atoms with Gasteiger partial charge in [0.2, 0.25) is 0 Å². The van der Waals surface area contributed by atoms with Crippen molar-refractivity contribution in [3.63, 3.8) is 0 Å². The Labute approximate surface area is 270 Å². The largest absolute Gasteiger partial charge is 0.309 e. The van der Waals surface area contributed by atoms with Crippen LogP contribution in [0.4, 0.5) is 0 Å². The Morgan fingerprint density at radius 1 is 0.370 bits per heavy atom. The summed E-state index contributed by atoms with van der Waals surface area (Å²) < 4.78 is 2.38. The topological polar surface area (TPSA) is 4.93 Å². The van der Waals surface area contributed by atoms with Crippen molar-refractivity contribution in [2.24, 2.45) is 0 Å². The third kappa shape index (κ3) is 4.02. The van der Waals surface area contributed by atoms with E-state index in [0.717, 1.165) is 0 Å². The lowest BCUT2D eigenvalue weighted by Crippen LogP contribution is -2.14. The monoisotopic (exact) mass is 587 g/mol. The quantitative estimate of drug-likeness (QED) is 0.193. The van der Waals surface area contributed by atoms with Crippen LogP contribution in [0.15, 0.2) is 164 Å². The third-order valence-electron chi connectivity index (χ3n) is 10.0. The minimum atomic E-state index is -0.0513. The van der Waals surface area contributed by atoms with Crippen LogP contribution in [0.1, 0.15) is 25.0 Å². The van der Waals surface area contributed by atoms with Gasteiger partial charge in [0.1, 0.15) is 0 Å². The van der Waals surface area contributed by atoms with Crippen molar-refractivity contribution in [2.45, 2.75) is 19.3 Å². The normalized spacial score (nSPS) is 13.2. The lowest BCUT2D eigenvalue weighted by molar-refractivity contribution is 0.660. The summed E-state index contributed by atoms with van der Waals surface area (Å²) in [7, 11) is 0. The maximum absolute atomic E-state index is 2.44. The third-order valence-corrected chi connectivity index (χ3v) is 10.0. The SMILES string of the molecule is CC1(C)c2ccccc2-c2ccc(-c3ccc(-c4ccccc4)cc3-c3ccc4c(c3)c3ccccc3n4-c3ccccc3)cc21. The molecule has 0 saturated heterocycles. The van der Waals surface area contributed by atoms with Gasteiger partial charge < -0.3 is 4.57 Å². The van der Waals surface area contributed by atoms with Gasteiger partial charge in [-0.05, 0) is 98.1 Å². The Hall–Kier alpha value is -5.66. The van der Waals surface area contributed by atoms with E-state index in [1.165, 1.54) is 83.1 Å². The first-order chi connectivity index (χ1) is 22.6. The molecule has 8 aromatic rings. The van der Waals surface area contributed by atoms with Gasteiger partial charge in [-0.25, -0.2) is 0 Å². The number of para-hydroxylation sites is 2. The van der Waals surface area contributed by atoms with Crippen LogP contribution < -0.4 is 0 Å². The second-order valence-electron chi connectivity index (χ2n) is 13.0. The molecule has 1 aromatic heterocycles. The summed E-state index contributed by atoms with van der Waals surface area (Å²) >= 11 is 0. The van der Waals surface area contributed by atoms with Crippen LogP contribution >= 0.6 is 0 Å². The molecule has 0 fully saturated rings. The van der Waals surface area contributed by atoms with E-state index in [9.17, 15) is 0 Å². The molecule has 0 unspecified atom stereocenters. The van der Waals surface area contributed by atoms with Crippen LogP contribution in [0.3, 0.4) is 0 Å². The molecule has 9 rings (SSSR count). The van der Waals surface area contributed by atoms with E-state index in [-0.39, 0.29) is 5.41 Å². The molecule has 0 N–H and O–H groups in total. The molecule has 0 aliphatic heterocycles. The Bertz CT molecular complexity index is 2430. The minimum Gasteiger partial charge on any atom is -0.309 e. The molecule has 1 heterocycles. The molecule has 0 radical (unpaired) electrons. The average Bonchev–Trinajstić information content (AvgIpc) is 3.57. The first-order valence-corrected chi connectivity index (χ1v) is 16.1. The predicted molar refractivity (Wildman–Crippen MR) is 195 cm³/mol. The Kier molecular flexibility index (Phi) is 5.92. The first kappa shape index (κ1) is 26.7. The summed E-state index contributed by atoms with van der Waals surface area (Å²) in [5, 5.41) is 2.53. The number of benzene rings is 7. The van der Waals surface area contributed by atoms with Gasteiger partial charge in [-0.2, -0.15) is 0 Å². The second-order valence-corrected chi connectivity index (χ2v) is 13.0. The summed E-state index contributed by atoms with van der Waals surface area (Å²) in [4.78, 5) is 0. The number of fused-ring (bicyclic) bond motifs is 6. The Balaban J connectivity index is 1.27. The molecule has 1 aliphatic carbocycles. The van der Waals surface area contributed by atoms with Crippen LogP contribution in [0.5, 0.6) is 0 Å². The molecule has 0 saturated carbocycles. The Morgan fingerprint density at radius 3 is 1.83 bits per heavy atom. The van der Waals surface area contributed by atoms with Gasteiger partial charge in [0.15, 0.2) is 0 Å². The highest BCUT2D eigenvalue weighted by atomic mass is 15.0. The van der Waals surface area contributed by atoms with Crippen molar-refractivity contribution in [3.8, 4) is 50.2 Å². The predicted octanol–water partition coefficient (Wildman–Crippen LogP) is 12.1. The van der Waals surface area contributed by atoms with Gasteiger partial charge in [0.05, 0.1) is 11.0 Å². The molecule has 0 atom stereocenters. The van der Waals surface area contributed by atoms with Gasteiger partial charge >= 0.3 is 0 Å². The molecule has 0 spiro atoms. The van der Waals surface area contributed by atoms with Gasteiger partial charge in [-0.1, -0.05) is 135 Å². The highest BCUT2D eigenvalue weighted by Crippen LogP contribution is 2.50. The van der Waals surface area contributed by atoms with Gasteiger partial charge in [-0.15, -0.1) is 0 Å². The number of aromatic nitrogens is 1. The van der Waals surface area contributed by atoms with Crippen molar-refractivity contribution < 1.29 is 0 Å². The van der Waals surface area contributed by atoms with Crippen molar-refractivity contribution in [1.82, 2.24) is 4.57 Å². The van der Waals surface area contributed by atoms with E-state index in [1.54, 1.807) is 0 Å². The van der Waals surface area contributed by atoms with Crippen molar-refractivity contribution >= 4 is 21.8 Å². The number of rotatable bonds is 4. The molecule has 0 bridgehead atoms. The molecular formula is C45H33N. The molecule has 1 nitrogen and oxygen atoms in total. The molecule has 218 valence electrons. The van der Waals surface area contributed by atoms with E-state index >= 15 is 0 Å². The summed E-state index contributed by atoms with van der Waals surface area (Å²) in [6, 6.07) is 60.1. The lowest BCUT2D eigenvalue weighted by atomic mass is 9.81. The fourth-order valence-electron chi connectivity index (χ4n) is 7.71. The summed E-state index contributed by atoms with van der Waals surface area (Å²) in [5.74, 6) is 0. The van der Waals surface area contributed by atoms with Crippen LogP contribution in [0, 0.1) is 0 Å². The number of nitrogens with zero attached hydrogens (tertiary/aromatic N) is 1. The highest BCUT2D eigenvalue weighted by molar-refractivity contribution is 6.11. The van der Waals surface area contributed by atoms with E-state index in [1.807, 2.05) is 0 Å². The fourth-order valence-corrected chi connectivity index (χ4v) is 7.71. The average molecular weight is 588 g/mol. The molecule has 7 aromatic carbocycles. The Morgan fingerprint density at radius 2 is 0.978 bits per heavy atom. The van der Waals surface area contributed by atoms with Crippen LogP contribution in [-0.2, 0) is 5.41 Å². The van der Waals surface area contributed by atoms with Crippen molar-refractivity contribution in [2.75, 3.05) is 0 Å². The maximum Gasteiger partial charge on any atom is 0.0541 e. The van der Waals surface area contributed by atoms with E-state index in [4.69, 9.17) is 0 Å².